The van der Waals surface area contributed by atoms with Crippen molar-refractivity contribution in [3.8, 4) is 0 Å². The van der Waals surface area contributed by atoms with Gasteiger partial charge in [-0.3, -0.25) is 4.68 Å². The highest BCUT2D eigenvalue weighted by molar-refractivity contribution is 6.31. The first-order chi connectivity index (χ1) is 6.57. The normalized spacial score (nSPS) is 15.5. The Morgan fingerprint density at radius 3 is 2.79 bits per heavy atom. The molecule has 4 nitrogen and oxygen atoms in total. The molecule has 0 bridgehead atoms. The van der Waals surface area contributed by atoms with Gasteiger partial charge in [0.1, 0.15) is 6.10 Å². The third-order valence-corrected chi connectivity index (χ3v) is 2.38. The van der Waals surface area contributed by atoms with Crippen molar-refractivity contribution in [1.29, 1.82) is 0 Å². The molecule has 0 amide bonds. The maximum absolute atomic E-state index is 9.90. The van der Waals surface area contributed by atoms with E-state index in [1.165, 1.54) is 6.20 Å². The first kappa shape index (κ1) is 11.5. The van der Waals surface area contributed by atoms with Crippen LogP contribution < -0.4 is 0 Å². The molecular weight excluding hydrogens is 204 g/mol. The molecule has 0 aliphatic carbocycles. The zero-order valence-corrected chi connectivity index (χ0v) is 9.32. The number of nitrogens with zero attached hydrogens (tertiary/aromatic N) is 2. The summed E-state index contributed by atoms with van der Waals surface area (Å²) in [7, 11) is 1.74. The van der Waals surface area contributed by atoms with Crippen LogP contribution in [0.15, 0.2) is 6.20 Å². The van der Waals surface area contributed by atoms with Crippen molar-refractivity contribution in [1.82, 2.24) is 9.78 Å². The zero-order chi connectivity index (χ0) is 10.7. The summed E-state index contributed by atoms with van der Waals surface area (Å²) in [6.45, 7) is 4.25. The third kappa shape index (κ3) is 2.26. The first-order valence-electron chi connectivity index (χ1n) is 4.55. The van der Waals surface area contributed by atoms with Gasteiger partial charge < -0.3 is 9.84 Å². The highest BCUT2D eigenvalue weighted by Crippen LogP contribution is 2.25. The highest BCUT2D eigenvalue weighted by atomic mass is 35.5. The van der Waals surface area contributed by atoms with Crippen molar-refractivity contribution in [3.63, 3.8) is 0 Å². The maximum Gasteiger partial charge on any atom is 0.123 e. The van der Waals surface area contributed by atoms with Gasteiger partial charge in [-0.2, -0.15) is 5.10 Å². The van der Waals surface area contributed by atoms with Crippen LogP contribution in [0.25, 0.3) is 0 Å². The van der Waals surface area contributed by atoms with E-state index in [9.17, 15) is 5.11 Å². The molecule has 0 saturated carbocycles. The van der Waals surface area contributed by atoms with Crippen LogP contribution in [0.2, 0.25) is 5.02 Å². The van der Waals surface area contributed by atoms with E-state index in [1.54, 1.807) is 18.7 Å². The largest absolute Gasteiger partial charge is 0.384 e. The van der Waals surface area contributed by atoms with E-state index in [2.05, 4.69) is 5.10 Å². The number of aromatic nitrogens is 2. The molecule has 0 aliphatic rings. The minimum absolute atomic E-state index is 0.284. The van der Waals surface area contributed by atoms with Gasteiger partial charge in [0, 0.05) is 13.7 Å². The molecular formula is C9H15ClN2O2. The number of aliphatic hydroxyl groups excluding tert-OH is 1. The van der Waals surface area contributed by atoms with Gasteiger partial charge in [0.25, 0.3) is 0 Å². The van der Waals surface area contributed by atoms with E-state index in [1.807, 2.05) is 6.92 Å². The summed E-state index contributed by atoms with van der Waals surface area (Å²) in [5.74, 6) is 0. The van der Waals surface area contributed by atoms with Crippen LogP contribution in [-0.4, -0.2) is 27.6 Å². The summed E-state index contributed by atoms with van der Waals surface area (Å²) < 4.78 is 6.85. The molecule has 1 aromatic heterocycles. The lowest BCUT2D eigenvalue weighted by atomic mass is 10.1. The van der Waals surface area contributed by atoms with Gasteiger partial charge in [-0.05, 0) is 13.8 Å². The Bertz CT molecular complexity index is 282. The molecule has 2 atom stereocenters. The zero-order valence-electron chi connectivity index (χ0n) is 8.57. The summed E-state index contributed by atoms with van der Waals surface area (Å²) >= 11 is 5.89. The lowest BCUT2D eigenvalue weighted by molar-refractivity contribution is -0.0261. The monoisotopic (exact) mass is 218 g/mol. The van der Waals surface area contributed by atoms with E-state index in [-0.39, 0.29) is 6.10 Å². The van der Waals surface area contributed by atoms with Gasteiger partial charge in [-0.25, -0.2) is 0 Å². The Hall–Kier alpha value is -0.580. The molecule has 0 saturated heterocycles. The number of rotatable bonds is 4. The number of halogens is 1. The van der Waals surface area contributed by atoms with Crippen LogP contribution in [0.3, 0.4) is 0 Å². The van der Waals surface area contributed by atoms with Gasteiger partial charge in [0.05, 0.1) is 23.0 Å². The van der Waals surface area contributed by atoms with E-state index in [0.717, 1.165) is 0 Å². The molecule has 2 unspecified atom stereocenters. The smallest absolute Gasteiger partial charge is 0.123 e. The fraction of sp³-hybridized carbons (Fsp3) is 0.667. The Labute approximate surface area is 88.4 Å². The Morgan fingerprint density at radius 2 is 2.36 bits per heavy atom. The SMILES string of the molecule is CCOC(C)C(O)c1c(Cl)cnn1C. The van der Waals surface area contributed by atoms with Crippen LogP contribution in [0.4, 0.5) is 0 Å². The molecule has 1 rings (SSSR count). The number of hydrogen-bond donors (Lipinski definition) is 1. The lowest BCUT2D eigenvalue weighted by Gasteiger charge is -2.19. The second-order valence-electron chi connectivity index (χ2n) is 3.11. The van der Waals surface area contributed by atoms with E-state index in [0.29, 0.717) is 17.3 Å². The Morgan fingerprint density at radius 1 is 1.71 bits per heavy atom. The molecule has 80 valence electrons. The van der Waals surface area contributed by atoms with Crippen molar-refractivity contribution in [2.24, 2.45) is 7.05 Å². The number of aliphatic hydroxyl groups is 1. The summed E-state index contributed by atoms with van der Waals surface area (Å²) in [5.41, 5.74) is 0.590. The second kappa shape index (κ2) is 4.77. The Balaban J connectivity index is 2.82. The molecule has 1 N–H and O–H groups in total. The van der Waals surface area contributed by atoms with Gasteiger partial charge in [-0.15, -0.1) is 0 Å². The molecule has 1 aromatic rings. The number of hydrogen-bond acceptors (Lipinski definition) is 3. The topological polar surface area (TPSA) is 47.3 Å². The molecule has 0 spiro atoms. The first-order valence-corrected chi connectivity index (χ1v) is 4.92. The van der Waals surface area contributed by atoms with Crippen molar-refractivity contribution in [2.75, 3.05) is 6.61 Å². The molecule has 0 radical (unpaired) electrons. The minimum Gasteiger partial charge on any atom is -0.384 e. The van der Waals surface area contributed by atoms with Crippen molar-refractivity contribution in [3.05, 3.63) is 16.9 Å². The van der Waals surface area contributed by atoms with Crippen molar-refractivity contribution >= 4 is 11.6 Å². The van der Waals surface area contributed by atoms with Crippen molar-refractivity contribution in [2.45, 2.75) is 26.1 Å². The van der Waals surface area contributed by atoms with E-state index >= 15 is 0 Å². The predicted molar refractivity (Wildman–Crippen MR) is 54.3 cm³/mol. The highest BCUT2D eigenvalue weighted by Gasteiger charge is 2.22. The number of aryl methyl sites for hydroxylation is 1. The molecule has 0 aromatic carbocycles. The van der Waals surface area contributed by atoms with Crippen LogP contribution in [0.5, 0.6) is 0 Å². The van der Waals surface area contributed by atoms with Crippen molar-refractivity contribution < 1.29 is 9.84 Å². The molecule has 1 heterocycles. The molecule has 0 aliphatic heterocycles. The molecule has 0 fully saturated rings. The average Bonchev–Trinajstić information content (AvgIpc) is 2.46. The third-order valence-electron chi connectivity index (χ3n) is 2.09. The minimum atomic E-state index is -0.741. The average molecular weight is 219 g/mol. The van der Waals surface area contributed by atoms with Gasteiger partial charge in [0.15, 0.2) is 0 Å². The summed E-state index contributed by atoms with van der Waals surface area (Å²) in [6, 6.07) is 0. The van der Waals surface area contributed by atoms with E-state index in [4.69, 9.17) is 16.3 Å². The van der Waals surface area contributed by atoms with Crippen LogP contribution in [0.1, 0.15) is 25.6 Å². The second-order valence-corrected chi connectivity index (χ2v) is 3.51. The fourth-order valence-electron chi connectivity index (χ4n) is 1.33. The van der Waals surface area contributed by atoms with E-state index < -0.39 is 6.10 Å². The lowest BCUT2D eigenvalue weighted by Crippen LogP contribution is -2.21. The molecule has 5 heteroatoms. The Kier molecular flexibility index (Phi) is 3.92. The van der Waals surface area contributed by atoms with Crippen LogP contribution >= 0.6 is 11.6 Å². The van der Waals surface area contributed by atoms with Gasteiger partial charge in [0.2, 0.25) is 0 Å². The fourth-order valence-corrected chi connectivity index (χ4v) is 1.61. The summed E-state index contributed by atoms with van der Waals surface area (Å²) in [4.78, 5) is 0. The standard InChI is InChI=1S/C9H15ClN2O2/c1-4-14-6(2)9(13)8-7(10)5-11-12(8)3/h5-6,9,13H,4H2,1-3H3. The van der Waals surface area contributed by atoms with Crippen LogP contribution in [-0.2, 0) is 11.8 Å². The summed E-state index contributed by atoms with van der Waals surface area (Å²) in [6.07, 6.45) is 0.488. The number of ether oxygens (including phenoxy) is 1. The van der Waals surface area contributed by atoms with Crippen LogP contribution in [0, 0.1) is 0 Å². The quantitative estimate of drug-likeness (QED) is 0.834. The predicted octanol–water partition coefficient (Wildman–Crippen LogP) is 1.53. The van der Waals surface area contributed by atoms with Gasteiger partial charge >= 0.3 is 0 Å². The molecule has 14 heavy (non-hydrogen) atoms. The summed E-state index contributed by atoms with van der Waals surface area (Å²) in [5, 5.41) is 14.3. The maximum atomic E-state index is 9.90. The van der Waals surface area contributed by atoms with Gasteiger partial charge in [-0.1, -0.05) is 11.6 Å².